The van der Waals surface area contributed by atoms with Gasteiger partial charge in [0.25, 0.3) is 0 Å². The van der Waals surface area contributed by atoms with Gasteiger partial charge in [-0.2, -0.15) is 0 Å². The van der Waals surface area contributed by atoms with E-state index in [0.29, 0.717) is 0 Å². The number of hydrazine groups is 1. The quantitative estimate of drug-likeness (QED) is 0.569. The van der Waals surface area contributed by atoms with Crippen LogP contribution in [0.25, 0.3) is 0 Å². The summed E-state index contributed by atoms with van der Waals surface area (Å²) in [6, 6.07) is 6.50. The van der Waals surface area contributed by atoms with Crippen molar-refractivity contribution in [2.45, 2.75) is 12.5 Å². The minimum Gasteiger partial charge on any atom is -0.309 e. The van der Waals surface area contributed by atoms with Gasteiger partial charge in [0, 0.05) is 6.04 Å². The average molecular weight is 211 g/mol. The van der Waals surface area contributed by atoms with Gasteiger partial charge in [0.2, 0.25) is 0 Å². The van der Waals surface area contributed by atoms with Gasteiger partial charge in [-0.15, -0.1) is 0 Å². The van der Waals surface area contributed by atoms with Gasteiger partial charge < -0.3 is 4.90 Å². The van der Waals surface area contributed by atoms with Gasteiger partial charge in [-0.3, -0.25) is 11.3 Å². The van der Waals surface area contributed by atoms with E-state index in [0.717, 1.165) is 18.5 Å². The van der Waals surface area contributed by atoms with Gasteiger partial charge in [-0.1, -0.05) is 12.1 Å². The van der Waals surface area contributed by atoms with Crippen molar-refractivity contribution in [2.24, 2.45) is 5.84 Å². The number of nitrogens with one attached hydrogen (secondary N) is 1. The molecule has 1 aromatic carbocycles. The van der Waals surface area contributed by atoms with Crippen LogP contribution >= 0.6 is 0 Å². The maximum Gasteiger partial charge on any atom is 0.123 e. The molecule has 1 unspecified atom stereocenters. The molecular formula is C11H18FN3. The number of benzene rings is 1. The number of halogens is 1. The summed E-state index contributed by atoms with van der Waals surface area (Å²) in [5.74, 6) is 5.25. The Morgan fingerprint density at radius 1 is 1.33 bits per heavy atom. The number of nitrogens with zero attached hydrogens (tertiary/aromatic N) is 1. The van der Waals surface area contributed by atoms with E-state index in [1.165, 1.54) is 12.1 Å². The maximum atomic E-state index is 12.7. The van der Waals surface area contributed by atoms with Crippen LogP contribution in [0.4, 0.5) is 4.39 Å². The van der Waals surface area contributed by atoms with Crippen molar-refractivity contribution >= 4 is 0 Å². The minimum atomic E-state index is -0.220. The Morgan fingerprint density at radius 2 is 1.93 bits per heavy atom. The molecule has 0 radical (unpaired) electrons. The number of rotatable bonds is 5. The lowest BCUT2D eigenvalue weighted by atomic mass is 10.0. The van der Waals surface area contributed by atoms with Crippen molar-refractivity contribution in [1.82, 2.24) is 10.3 Å². The zero-order valence-corrected chi connectivity index (χ0v) is 9.20. The Bertz CT molecular complexity index is 284. The first-order valence-electron chi connectivity index (χ1n) is 5.00. The van der Waals surface area contributed by atoms with Gasteiger partial charge in [0.1, 0.15) is 5.82 Å². The van der Waals surface area contributed by atoms with E-state index in [9.17, 15) is 4.39 Å². The molecule has 84 valence electrons. The molecule has 0 aliphatic rings. The lowest BCUT2D eigenvalue weighted by molar-refractivity contribution is 0.363. The van der Waals surface area contributed by atoms with Crippen LogP contribution in [0.2, 0.25) is 0 Å². The molecule has 3 nitrogen and oxygen atoms in total. The highest BCUT2D eigenvalue weighted by molar-refractivity contribution is 5.19. The van der Waals surface area contributed by atoms with E-state index in [1.54, 1.807) is 12.1 Å². The summed E-state index contributed by atoms with van der Waals surface area (Å²) in [5.41, 5.74) is 3.76. The molecule has 0 fully saturated rings. The van der Waals surface area contributed by atoms with Gasteiger partial charge >= 0.3 is 0 Å². The van der Waals surface area contributed by atoms with Crippen molar-refractivity contribution < 1.29 is 4.39 Å². The van der Waals surface area contributed by atoms with Crippen LogP contribution in [-0.2, 0) is 0 Å². The van der Waals surface area contributed by atoms with Crippen molar-refractivity contribution in [3.05, 3.63) is 35.6 Å². The molecule has 15 heavy (non-hydrogen) atoms. The minimum absolute atomic E-state index is 0.0769. The molecule has 0 bridgehead atoms. The SMILES string of the molecule is CN(C)CCC(NN)c1ccc(F)cc1. The lowest BCUT2D eigenvalue weighted by Crippen LogP contribution is -2.30. The van der Waals surface area contributed by atoms with Crippen LogP contribution in [0.5, 0.6) is 0 Å². The van der Waals surface area contributed by atoms with Crippen LogP contribution in [-0.4, -0.2) is 25.5 Å². The highest BCUT2D eigenvalue weighted by Crippen LogP contribution is 2.16. The van der Waals surface area contributed by atoms with Gasteiger partial charge in [-0.25, -0.2) is 4.39 Å². The molecule has 1 rings (SSSR count). The second-order valence-electron chi connectivity index (χ2n) is 3.86. The van der Waals surface area contributed by atoms with Crippen LogP contribution < -0.4 is 11.3 Å². The average Bonchev–Trinajstić information content (AvgIpc) is 2.21. The first-order valence-corrected chi connectivity index (χ1v) is 5.00. The van der Waals surface area contributed by atoms with Gasteiger partial charge in [0.05, 0.1) is 0 Å². The van der Waals surface area contributed by atoms with E-state index in [1.807, 2.05) is 14.1 Å². The summed E-state index contributed by atoms with van der Waals surface area (Å²) >= 11 is 0. The fraction of sp³-hybridized carbons (Fsp3) is 0.455. The smallest absolute Gasteiger partial charge is 0.123 e. The largest absolute Gasteiger partial charge is 0.309 e. The molecule has 3 N–H and O–H groups in total. The molecule has 0 aliphatic heterocycles. The molecule has 1 aromatic rings. The topological polar surface area (TPSA) is 41.3 Å². The molecule has 0 spiro atoms. The summed E-state index contributed by atoms with van der Waals surface area (Å²) in [6.07, 6.45) is 0.898. The lowest BCUT2D eigenvalue weighted by Gasteiger charge is -2.18. The Labute approximate surface area is 90.0 Å². The second kappa shape index (κ2) is 5.80. The summed E-state index contributed by atoms with van der Waals surface area (Å²) in [6.45, 7) is 0.937. The van der Waals surface area contributed by atoms with E-state index in [4.69, 9.17) is 5.84 Å². The molecule has 0 heterocycles. The molecular weight excluding hydrogens is 193 g/mol. The van der Waals surface area contributed by atoms with Crippen molar-refractivity contribution in [1.29, 1.82) is 0 Å². The van der Waals surface area contributed by atoms with Crippen molar-refractivity contribution in [2.75, 3.05) is 20.6 Å². The summed E-state index contributed by atoms with van der Waals surface area (Å²) < 4.78 is 12.7. The Morgan fingerprint density at radius 3 is 2.40 bits per heavy atom. The Balaban J connectivity index is 2.61. The van der Waals surface area contributed by atoms with Crippen LogP contribution in [0.1, 0.15) is 18.0 Å². The van der Waals surface area contributed by atoms with Gasteiger partial charge in [0.15, 0.2) is 0 Å². The number of nitrogens with two attached hydrogens (primary N) is 1. The fourth-order valence-corrected chi connectivity index (χ4v) is 1.43. The number of hydrogen-bond acceptors (Lipinski definition) is 3. The predicted molar refractivity (Wildman–Crippen MR) is 59.6 cm³/mol. The van der Waals surface area contributed by atoms with E-state index >= 15 is 0 Å². The highest BCUT2D eigenvalue weighted by Gasteiger charge is 2.09. The third kappa shape index (κ3) is 3.95. The van der Waals surface area contributed by atoms with E-state index < -0.39 is 0 Å². The molecule has 1 atom stereocenters. The summed E-state index contributed by atoms with van der Waals surface area (Å²) in [5, 5.41) is 0. The normalized spacial score (nSPS) is 13.1. The summed E-state index contributed by atoms with van der Waals surface area (Å²) in [4.78, 5) is 2.09. The zero-order chi connectivity index (χ0) is 11.3. The highest BCUT2D eigenvalue weighted by atomic mass is 19.1. The summed E-state index contributed by atoms with van der Waals surface area (Å²) in [7, 11) is 4.02. The van der Waals surface area contributed by atoms with Crippen molar-refractivity contribution in [3.63, 3.8) is 0 Å². The van der Waals surface area contributed by atoms with E-state index in [2.05, 4.69) is 10.3 Å². The molecule has 0 aliphatic carbocycles. The predicted octanol–water partition coefficient (Wildman–Crippen LogP) is 1.28. The standard InChI is InChI=1S/C11H18FN3/c1-15(2)8-7-11(14-13)9-3-5-10(12)6-4-9/h3-6,11,14H,7-8,13H2,1-2H3. The van der Waals surface area contributed by atoms with E-state index in [-0.39, 0.29) is 11.9 Å². The first kappa shape index (κ1) is 12.1. The third-order valence-electron chi connectivity index (χ3n) is 2.34. The molecule has 0 saturated carbocycles. The number of hydrogen-bond donors (Lipinski definition) is 2. The van der Waals surface area contributed by atoms with Crippen LogP contribution in [0.3, 0.4) is 0 Å². The zero-order valence-electron chi connectivity index (χ0n) is 9.20. The Kier molecular flexibility index (Phi) is 4.68. The Hall–Kier alpha value is -0.970. The van der Waals surface area contributed by atoms with Gasteiger partial charge in [-0.05, 0) is 44.8 Å². The van der Waals surface area contributed by atoms with Crippen molar-refractivity contribution in [3.8, 4) is 0 Å². The molecule has 0 saturated heterocycles. The molecule has 0 amide bonds. The van der Waals surface area contributed by atoms with Crippen LogP contribution in [0, 0.1) is 5.82 Å². The van der Waals surface area contributed by atoms with Crippen LogP contribution in [0.15, 0.2) is 24.3 Å². The second-order valence-corrected chi connectivity index (χ2v) is 3.86. The maximum absolute atomic E-state index is 12.7. The molecule has 0 aromatic heterocycles. The monoisotopic (exact) mass is 211 g/mol. The first-order chi connectivity index (χ1) is 7.13. The third-order valence-corrected chi connectivity index (χ3v) is 2.34. The fourth-order valence-electron chi connectivity index (χ4n) is 1.43. The molecule has 4 heteroatoms.